The topological polar surface area (TPSA) is 73.8 Å². The van der Waals surface area contributed by atoms with Crippen molar-refractivity contribution in [3.63, 3.8) is 0 Å². The van der Waals surface area contributed by atoms with Gasteiger partial charge in [0.25, 0.3) is 5.56 Å². The van der Waals surface area contributed by atoms with E-state index in [9.17, 15) is 4.79 Å². The highest BCUT2D eigenvalue weighted by Gasteiger charge is 2.25. The fourth-order valence-electron chi connectivity index (χ4n) is 2.74. The maximum absolute atomic E-state index is 13.1. The van der Waals surface area contributed by atoms with Crippen LogP contribution in [0, 0.1) is 5.92 Å². The van der Waals surface area contributed by atoms with Crippen molar-refractivity contribution in [3.05, 3.63) is 46.3 Å². The Morgan fingerprint density at radius 1 is 1.14 bits per heavy atom. The van der Waals surface area contributed by atoms with Gasteiger partial charge in [0.05, 0.1) is 16.2 Å². The van der Waals surface area contributed by atoms with Crippen LogP contribution in [0.25, 0.3) is 10.9 Å². The van der Waals surface area contributed by atoms with Crippen LogP contribution in [0.2, 0.25) is 0 Å². The number of para-hydroxylation sites is 1. The van der Waals surface area contributed by atoms with Gasteiger partial charge in [0, 0.05) is 12.0 Å². The third-order valence-electron chi connectivity index (χ3n) is 4.50. The molecule has 0 aliphatic carbocycles. The zero-order valence-corrected chi connectivity index (χ0v) is 18.2. The molecule has 1 aromatic carbocycles. The van der Waals surface area contributed by atoms with Crippen molar-refractivity contribution in [2.75, 3.05) is 0 Å². The smallest absolute Gasteiger partial charge is 0.262 e. The van der Waals surface area contributed by atoms with Gasteiger partial charge in [-0.15, -0.1) is 0 Å². The van der Waals surface area contributed by atoms with E-state index < -0.39 is 0 Å². The molecule has 0 saturated heterocycles. The van der Waals surface area contributed by atoms with Crippen LogP contribution in [0.15, 0.2) is 38.7 Å². The number of fused-ring (bicyclic) bond motifs is 1. The van der Waals surface area contributed by atoms with E-state index in [4.69, 9.17) is 9.51 Å². The lowest BCUT2D eigenvalue weighted by Gasteiger charge is -2.15. The average Bonchev–Trinajstić information content (AvgIpc) is 3.12. The summed E-state index contributed by atoms with van der Waals surface area (Å²) in [7, 11) is 0. The Hall–Kier alpha value is -2.15. The zero-order chi connectivity index (χ0) is 20.5. The fraction of sp³-hybridized carbons (Fsp3) is 0.524. The summed E-state index contributed by atoms with van der Waals surface area (Å²) in [5, 5.41) is 5.34. The lowest BCUT2D eigenvalue weighted by atomic mass is 9.96. The molecule has 1 atom stereocenters. The van der Waals surface area contributed by atoms with E-state index in [1.54, 1.807) is 4.57 Å². The third kappa shape index (κ3) is 4.46. The predicted octanol–water partition coefficient (Wildman–Crippen LogP) is 4.98. The lowest BCUT2D eigenvalue weighted by Crippen LogP contribution is -2.24. The normalized spacial score (nSPS) is 13.4. The minimum absolute atomic E-state index is 0.00172. The largest absolute Gasteiger partial charge is 0.338 e. The molecule has 0 saturated carbocycles. The second kappa shape index (κ2) is 8.07. The summed E-state index contributed by atoms with van der Waals surface area (Å²) in [6, 6.07) is 7.49. The van der Waals surface area contributed by atoms with Gasteiger partial charge in [0.1, 0.15) is 0 Å². The summed E-state index contributed by atoms with van der Waals surface area (Å²) >= 11 is 1.48. The summed E-state index contributed by atoms with van der Waals surface area (Å²) in [5.74, 6) is 1.73. The van der Waals surface area contributed by atoms with E-state index in [2.05, 4.69) is 24.0 Å². The van der Waals surface area contributed by atoms with Crippen molar-refractivity contribution in [2.45, 2.75) is 70.3 Å². The second-order valence-corrected chi connectivity index (χ2v) is 9.83. The summed E-state index contributed by atoms with van der Waals surface area (Å²) in [6.07, 6.45) is 0.913. The van der Waals surface area contributed by atoms with Gasteiger partial charge >= 0.3 is 0 Å². The molecular formula is C21H28N4O2S. The number of hydrogen-bond donors (Lipinski definition) is 0. The summed E-state index contributed by atoms with van der Waals surface area (Å²) in [6.45, 7) is 13.1. The van der Waals surface area contributed by atoms with Crippen LogP contribution in [0.1, 0.15) is 64.9 Å². The Bertz CT molecular complexity index is 1020. The van der Waals surface area contributed by atoms with Crippen LogP contribution >= 0.6 is 11.8 Å². The van der Waals surface area contributed by atoms with E-state index in [1.165, 1.54) is 11.8 Å². The molecule has 3 rings (SSSR count). The standard InChI is InChI=1S/C21H28N4O2S/c1-13(2)11-12-25-18(26)15-9-7-8-10-16(15)22-20(25)28-14(3)17-23-19(24-27-17)21(4,5)6/h7-10,13-14H,11-12H2,1-6H3/t14-/m1/s1. The van der Waals surface area contributed by atoms with Gasteiger partial charge in [-0.05, 0) is 31.4 Å². The van der Waals surface area contributed by atoms with Crippen LogP contribution in [-0.2, 0) is 12.0 Å². The van der Waals surface area contributed by atoms with Gasteiger partial charge < -0.3 is 4.52 Å². The van der Waals surface area contributed by atoms with Crippen LogP contribution in [0.3, 0.4) is 0 Å². The van der Waals surface area contributed by atoms with Crippen LogP contribution in [0.5, 0.6) is 0 Å². The Morgan fingerprint density at radius 3 is 2.50 bits per heavy atom. The minimum Gasteiger partial charge on any atom is -0.338 e. The van der Waals surface area contributed by atoms with E-state index in [0.29, 0.717) is 40.2 Å². The monoisotopic (exact) mass is 400 g/mol. The average molecular weight is 401 g/mol. The maximum Gasteiger partial charge on any atom is 0.262 e. The molecule has 0 bridgehead atoms. The van der Waals surface area contributed by atoms with Crippen molar-refractivity contribution in [3.8, 4) is 0 Å². The van der Waals surface area contributed by atoms with Crippen molar-refractivity contribution < 1.29 is 4.52 Å². The fourth-order valence-corrected chi connectivity index (χ4v) is 3.70. The van der Waals surface area contributed by atoms with Gasteiger partial charge in [0.15, 0.2) is 11.0 Å². The lowest BCUT2D eigenvalue weighted by molar-refractivity contribution is 0.364. The van der Waals surface area contributed by atoms with Gasteiger partial charge in [-0.3, -0.25) is 9.36 Å². The molecular weight excluding hydrogens is 372 g/mol. The molecule has 6 nitrogen and oxygen atoms in total. The van der Waals surface area contributed by atoms with Crippen molar-refractivity contribution in [2.24, 2.45) is 5.92 Å². The molecule has 28 heavy (non-hydrogen) atoms. The number of aromatic nitrogens is 4. The van der Waals surface area contributed by atoms with Gasteiger partial charge in [0.2, 0.25) is 5.89 Å². The highest BCUT2D eigenvalue weighted by Crippen LogP contribution is 2.34. The number of nitrogens with zero attached hydrogens (tertiary/aromatic N) is 4. The number of benzene rings is 1. The highest BCUT2D eigenvalue weighted by atomic mass is 32.2. The molecule has 0 aliphatic rings. The van der Waals surface area contributed by atoms with Gasteiger partial charge in [-0.2, -0.15) is 4.98 Å². The molecule has 0 amide bonds. The van der Waals surface area contributed by atoms with Crippen LogP contribution in [0.4, 0.5) is 0 Å². The molecule has 2 aromatic heterocycles. The van der Waals surface area contributed by atoms with Gasteiger partial charge in [-0.1, -0.05) is 63.7 Å². The third-order valence-corrected chi connectivity index (χ3v) is 5.58. The molecule has 3 aromatic rings. The minimum atomic E-state index is -0.174. The summed E-state index contributed by atoms with van der Waals surface area (Å²) in [4.78, 5) is 22.4. The van der Waals surface area contributed by atoms with Crippen molar-refractivity contribution in [1.29, 1.82) is 0 Å². The SMILES string of the molecule is CC(C)CCn1c(S[C@H](C)c2nc(C(C)(C)C)no2)nc2ccccc2c1=O. The van der Waals surface area contributed by atoms with E-state index in [1.807, 2.05) is 52.0 Å². The molecule has 150 valence electrons. The number of thioether (sulfide) groups is 1. The van der Waals surface area contributed by atoms with Crippen LogP contribution < -0.4 is 5.56 Å². The molecule has 0 fully saturated rings. The first-order valence-electron chi connectivity index (χ1n) is 9.67. The van der Waals surface area contributed by atoms with Crippen molar-refractivity contribution >= 4 is 22.7 Å². The zero-order valence-electron chi connectivity index (χ0n) is 17.4. The van der Waals surface area contributed by atoms with E-state index in [-0.39, 0.29) is 16.2 Å². The molecule has 0 N–H and O–H groups in total. The first-order valence-corrected chi connectivity index (χ1v) is 10.5. The predicted molar refractivity (Wildman–Crippen MR) is 113 cm³/mol. The van der Waals surface area contributed by atoms with Crippen molar-refractivity contribution in [1.82, 2.24) is 19.7 Å². The maximum atomic E-state index is 13.1. The summed E-state index contributed by atoms with van der Waals surface area (Å²) < 4.78 is 7.27. The van der Waals surface area contributed by atoms with E-state index in [0.717, 1.165) is 6.42 Å². The molecule has 0 unspecified atom stereocenters. The Labute approximate surface area is 169 Å². The first-order chi connectivity index (χ1) is 13.2. The Balaban J connectivity index is 1.97. The van der Waals surface area contributed by atoms with E-state index >= 15 is 0 Å². The first kappa shape index (κ1) is 20.6. The molecule has 7 heteroatoms. The molecule has 2 heterocycles. The highest BCUT2D eigenvalue weighted by molar-refractivity contribution is 7.99. The molecule has 0 radical (unpaired) electrons. The second-order valence-electron chi connectivity index (χ2n) is 8.52. The quantitative estimate of drug-likeness (QED) is 0.429. The Morgan fingerprint density at radius 2 is 1.86 bits per heavy atom. The summed E-state index contributed by atoms with van der Waals surface area (Å²) in [5.41, 5.74) is 0.540. The van der Waals surface area contributed by atoms with Crippen LogP contribution in [-0.4, -0.2) is 19.7 Å². The Kier molecular flexibility index (Phi) is 5.93. The molecule has 0 spiro atoms. The number of rotatable bonds is 6. The number of hydrogen-bond acceptors (Lipinski definition) is 6. The van der Waals surface area contributed by atoms with Gasteiger partial charge in [-0.25, -0.2) is 4.98 Å². The molecule has 0 aliphatic heterocycles.